The number of aromatic carboxylic acids is 1. The van der Waals surface area contributed by atoms with Crippen molar-refractivity contribution < 1.29 is 14.3 Å². The summed E-state index contributed by atoms with van der Waals surface area (Å²) < 4.78 is 16.8. The molecule has 0 saturated heterocycles. The molecule has 0 aliphatic heterocycles. The van der Waals surface area contributed by atoms with Crippen LogP contribution in [-0.2, 0) is 0 Å². The first-order valence-corrected chi connectivity index (χ1v) is 8.58. The normalized spacial score (nSPS) is 13.5. The molecule has 3 N–H and O–H groups in total. The van der Waals surface area contributed by atoms with Crippen molar-refractivity contribution in [2.24, 2.45) is 0 Å². The van der Waals surface area contributed by atoms with Gasteiger partial charge in [-0.3, -0.25) is 9.78 Å². The van der Waals surface area contributed by atoms with E-state index in [1.807, 2.05) is 0 Å². The van der Waals surface area contributed by atoms with Crippen LogP contribution in [0.15, 0.2) is 29.3 Å². The lowest BCUT2D eigenvalue weighted by Crippen LogP contribution is -2.19. The van der Waals surface area contributed by atoms with E-state index in [1.165, 1.54) is 18.5 Å². The summed E-state index contributed by atoms with van der Waals surface area (Å²) in [4.78, 5) is 31.4. The van der Waals surface area contributed by atoms with Gasteiger partial charge in [0.05, 0.1) is 12.1 Å². The van der Waals surface area contributed by atoms with Gasteiger partial charge >= 0.3 is 5.97 Å². The van der Waals surface area contributed by atoms with E-state index in [-0.39, 0.29) is 34.1 Å². The van der Waals surface area contributed by atoms with Gasteiger partial charge in [-0.15, -0.1) is 0 Å². The minimum Gasteiger partial charge on any atom is -0.477 e. The summed E-state index contributed by atoms with van der Waals surface area (Å²) in [5, 5.41) is 9.38. The maximum absolute atomic E-state index is 15.0. The molecule has 1 aliphatic rings. The number of aromatic nitrogens is 2. The van der Waals surface area contributed by atoms with E-state index in [0.29, 0.717) is 16.6 Å². The molecule has 0 unspecified atom stereocenters. The molecule has 0 bridgehead atoms. The van der Waals surface area contributed by atoms with Gasteiger partial charge in [0.2, 0.25) is 11.1 Å². The molecule has 1 aromatic carbocycles. The first kappa shape index (κ1) is 17.7. The molecular weight excluding hydrogens is 363 g/mol. The van der Waals surface area contributed by atoms with E-state index in [4.69, 9.17) is 12.3 Å². The molecule has 140 valence electrons. The minimum atomic E-state index is -1.34. The summed E-state index contributed by atoms with van der Waals surface area (Å²) in [5.41, 5.74) is 6.23. The monoisotopic (exact) mass is 378 g/mol. The van der Waals surface area contributed by atoms with E-state index in [2.05, 4.69) is 9.83 Å². The highest BCUT2D eigenvalue weighted by Crippen LogP contribution is 2.40. The number of pyridine rings is 2. The molecule has 2 aromatic heterocycles. The average Bonchev–Trinajstić information content (AvgIpc) is 3.48. The van der Waals surface area contributed by atoms with Crippen molar-refractivity contribution in [3.8, 4) is 11.1 Å². The van der Waals surface area contributed by atoms with Gasteiger partial charge in [0, 0.05) is 29.4 Å². The van der Waals surface area contributed by atoms with Gasteiger partial charge in [-0.1, -0.05) is 0 Å². The molecule has 3 aromatic rings. The molecule has 0 amide bonds. The van der Waals surface area contributed by atoms with Crippen LogP contribution in [0.2, 0.25) is 0 Å². The Morgan fingerprint density at radius 3 is 2.75 bits per heavy atom. The standard InChI is InChI=1S/C20H15FN4O3/c1-9-16(10-5-15(23-2)19(22)24-7-10)14(21)6-12-17(9)25(11-3-4-11)8-13(18(12)26)20(27)28/h5-8,11H,3-4H2,1H3,(H2,22,24)(H,27,28). The minimum absolute atomic E-state index is 0.0272. The van der Waals surface area contributed by atoms with Gasteiger partial charge in [0.25, 0.3) is 0 Å². The van der Waals surface area contributed by atoms with Crippen LogP contribution in [0, 0.1) is 19.3 Å². The molecule has 0 atom stereocenters. The van der Waals surface area contributed by atoms with E-state index in [0.717, 1.165) is 18.9 Å². The van der Waals surface area contributed by atoms with Crippen LogP contribution in [0.25, 0.3) is 26.9 Å². The van der Waals surface area contributed by atoms with Gasteiger partial charge in [-0.25, -0.2) is 14.0 Å². The molecule has 1 saturated carbocycles. The van der Waals surface area contributed by atoms with Gasteiger partial charge in [0.15, 0.2) is 0 Å². The fourth-order valence-corrected chi connectivity index (χ4v) is 3.52. The van der Waals surface area contributed by atoms with E-state index in [1.54, 1.807) is 11.5 Å². The van der Waals surface area contributed by atoms with Gasteiger partial charge in [-0.05, 0) is 43.0 Å². The molecule has 1 fully saturated rings. The van der Waals surface area contributed by atoms with Crippen LogP contribution in [0.5, 0.6) is 0 Å². The number of fused-ring (bicyclic) bond motifs is 1. The van der Waals surface area contributed by atoms with Crippen LogP contribution in [-0.4, -0.2) is 20.6 Å². The van der Waals surface area contributed by atoms with Crippen LogP contribution in [0.3, 0.4) is 0 Å². The van der Waals surface area contributed by atoms with E-state index < -0.39 is 17.2 Å². The Morgan fingerprint density at radius 2 is 2.14 bits per heavy atom. The van der Waals surface area contributed by atoms with E-state index in [9.17, 15) is 14.7 Å². The molecule has 0 radical (unpaired) electrons. The zero-order valence-corrected chi connectivity index (χ0v) is 14.9. The van der Waals surface area contributed by atoms with Crippen molar-refractivity contribution in [3.63, 3.8) is 0 Å². The van der Waals surface area contributed by atoms with Crippen molar-refractivity contribution in [2.75, 3.05) is 5.73 Å². The Balaban J connectivity index is 2.10. The summed E-state index contributed by atoms with van der Waals surface area (Å²) in [5.74, 6) is -1.97. The number of carbonyl (C=O) groups is 1. The second kappa shape index (κ2) is 6.16. The Kier molecular flexibility index (Phi) is 3.89. The van der Waals surface area contributed by atoms with Crippen LogP contribution < -0.4 is 11.2 Å². The SMILES string of the molecule is [C-]#[N+]c1cc(-c2c(F)cc3c(=O)c(C(=O)O)cn(C4CC4)c3c2C)cnc1N. The van der Waals surface area contributed by atoms with Crippen LogP contribution >= 0.6 is 0 Å². The molecule has 7 nitrogen and oxygen atoms in total. The second-order valence-electron chi connectivity index (χ2n) is 6.81. The number of hydrogen-bond acceptors (Lipinski definition) is 4. The number of carboxylic acid groups (broad SMARTS) is 1. The molecular formula is C20H15FN4O3. The summed E-state index contributed by atoms with van der Waals surface area (Å²) in [6, 6.07) is 2.60. The summed E-state index contributed by atoms with van der Waals surface area (Å²) in [6.07, 6.45) is 4.43. The second-order valence-corrected chi connectivity index (χ2v) is 6.81. The smallest absolute Gasteiger partial charge is 0.341 e. The predicted molar refractivity (Wildman–Crippen MR) is 102 cm³/mol. The van der Waals surface area contributed by atoms with Crippen LogP contribution in [0.1, 0.15) is 34.8 Å². The number of hydrogen-bond donors (Lipinski definition) is 2. The number of carboxylic acids is 1. The number of nitrogen functional groups attached to an aromatic ring is 1. The largest absolute Gasteiger partial charge is 0.477 e. The van der Waals surface area contributed by atoms with Crippen LogP contribution in [0.4, 0.5) is 15.9 Å². The highest BCUT2D eigenvalue weighted by Gasteiger charge is 2.29. The number of halogens is 1. The quantitative estimate of drug-likeness (QED) is 0.677. The molecule has 1 aliphatic carbocycles. The van der Waals surface area contributed by atoms with Crippen molar-refractivity contribution in [1.29, 1.82) is 0 Å². The first-order chi connectivity index (χ1) is 13.3. The number of nitrogens with zero attached hydrogens (tertiary/aromatic N) is 3. The van der Waals surface area contributed by atoms with Crippen molar-refractivity contribution >= 4 is 28.4 Å². The third kappa shape index (κ3) is 2.60. The molecule has 8 heteroatoms. The number of aryl methyl sites for hydroxylation is 1. The third-order valence-corrected chi connectivity index (χ3v) is 4.99. The Hall–Kier alpha value is -3.73. The highest BCUT2D eigenvalue weighted by atomic mass is 19.1. The van der Waals surface area contributed by atoms with Crippen molar-refractivity contribution in [1.82, 2.24) is 9.55 Å². The van der Waals surface area contributed by atoms with Gasteiger partial charge < -0.3 is 15.4 Å². The number of nitrogens with two attached hydrogens (primary N) is 1. The number of benzene rings is 1. The lowest BCUT2D eigenvalue weighted by Gasteiger charge is -2.17. The zero-order chi connectivity index (χ0) is 20.2. The fraction of sp³-hybridized carbons (Fsp3) is 0.200. The van der Waals surface area contributed by atoms with Crippen molar-refractivity contribution in [3.05, 3.63) is 63.1 Å². The Morgan fingerprint density at radius 1 is 1.43 bits per heavy atom. The summed E-state index contributed by atoms with van der Waals surface area (Å²) in [7, 11) is 0. The summed E-state index contributed by atoms with van der Waals surface area (Å²) in [6.45, 7) is 8.86. The molecule has 0 spiro atoms. The predicted octanol–water partition coefficient (Wildman–Crippen LogP) is 3.68. The lowest BCUT2D eigenvalue weighted by molar-refractivity contribution is 0.0695. The molecule has 28 heavy (non-hydrogen) atoms. The highest BCUT2D eigenvalue weighted by molar-refractivity contribution is 5.96. The van der Waals surface area contributed by atoms with E-state index >= 15 is 4.39 Å². The average molecular weight is 378 g/mol. The van der Waals surface area contributed by atoms with Gasteiger partial charge in [-0.2, -0.15) is 0 Å². The Labute approximate surface area is 158 Å². The Bertz CT molecular complexity index is 1270. The lowest BCUT2D eigenvalue weighted by atomic mass is 9.96. The number of anilines is 1. The first-order valence-electron chi connectivity index (χ1n) is 8.58. The maximum atomic E-state index is 15.0. The third-order valence-electron chi connectivity index (χ3n) is 4.99. The molecule has 2 heterocycles. The van der Waals surface area contributed by atoms with Gasteiger partial charge in [0.1, 0.15) is 17.2 Å². The zero-order valence-electron chi connectivity index (χ0n) is 14.9. The topological polar surface area (TPSA) is 103 Å². The molecule has 4 rings (SSSR count). The number of rotatable bonds is 3. The van der Waals surface area contributed by atoms with Crippen molar-refractivity contribution in [2.45, 2.75) is 25.8 Å². The summed E-state index contributed by atoms with van der Waals surface area (Å²) >= 11 is 0. The maximum Gasteiger partial charge on any atom is 0.341 e. The fourth-order valence-electron chi connectivity index (χ4n) is 3.52.